The molecule has 0 saturated carbocycles. The molecule has 2 atom stereocenters. The molecule has 1 saturated heterocycles. The van der Waals surface area contributed by atoms with Gasteiger partial charge in [-0.05, 0) is 13.3 Å². The molecule has 2 rings (SSSR count). The maximum absolute atomic E-state index is 5.43. The number of ether oxygens (including phenoxy) is 1. The van der Waals surface area contributed by atoms with Crippen molar-refractivity contribution in [3.8, 4) is 0 Å². The van der Waals surface area contributed by atoms with Gasteiger partial charge in [0.25, 0.3) is 0 Å². The van der Waals surface area contributed by atoms with Gasteiger partial charge < -0.3 is 15.4 Å². The van der Waals surface area contributed by atoms with E-state index < -0.39 is 0 Å². The smallest absolute Gasteiger partial charge is 0.106 e. The third-order valence-corrected chi connectivity index (χ3v) is 3.50. The van der Waals surface area contributed by atoms with E-state index in [1.54, 1.807) is 11.3 Å². The molecule has 0 aliphatic carbocycles. The van der Waals surface area contributed by atoms with E-state index in [2.05, 4.69) is 22.5 Å². The van der Waals surface area contributed by atoms with E-state index in [4.69, 9.17) is 4.74 Å². The molecule has 1 aliphatic rings. The highest BCUT2D eigenvalue weighted by atomic mass is 32.1. The standard InChI is InChI=1S/C11H19N3OS/c1-9(6-10-8-15-4-2-12-10)14-7-11-13-3-5-16-11/h3,5,9-10,12,14H,2,4,6-8H2,1H3. The van der Waals surface area contributed by atoms with E-state index >= 15 is 0 Å². The molecular formula is C11H19N3OS. The molecule has 5 heteroatoms. The van der Waals surface area contributed by atoms with Crippen molar-refractivity contribution in [3.63, 3.8) is 0 Å². The molecule has 0 spiro atoms. The summed E-state index contributed by atoms with van der Waals surface area (Å²) < 4.78 is 5.43. The molecule has 4 nitrogen and oxygen atoms in total. The third kappa shape index (κ3) is 3.83. The number of morpholine rings is 1. The van der Waals surface area contributed by atoms with Crippen LogP contribution in [0.4, 0.5) is 0 Å². The first kappa shape index (κ1) is 12.0. The van der Waals surface area contributed by atoms with Crippen LogP contribution in [0.1, 0.15) is 18.4 Å². The Bertz CT molecular complexity index is 285. The number of nitrogens with zero attached hydrogens (tertiary/aromatic N) is 1. The lowest BCUT2D eigenvalue weighted by Gasteiger charge is -2.26. The molecule has 2 heterocycles. The summed E-state index contributed by atoms with van der Waals surface area (Å²) in [4.78, 5) is 4.25. The van der Waals surface area contributed by atoms with Crippen LogP contribution in [-0.4, -0.2) is 36.8 Å². The quantitative estimate of drug-likeness (QED) is 0.807. The number of aromatic nitrogens is 1. The molecule has 1 aromatic heterocycles. The van der Waals surface area contributed by atoms with Crippen LogP contribution in [0, 0.1) is 0 Å². The summed E-state index contributed by atoms with van der Waals surface area (Å²) in [5.41, 5.74) is 0. The second-order valence-corrected chi connectivity index (χ2v) is 5.15. The van der Waals surface area contributed by atoms with Crippen molar-refractivity contribution in [1.82, 2.24) is 15.6 Å². The molecule has 1 fully saturated rings. The third-order valence-electron chi connectivity index (χ3n) is 2.72. The minimum atomic E-state index is 0.489. The van der Waals surface area contributed by atoms with Gasteiger partial charge >= 0.3 is 0 Å². The maximum Gasteiger partial charge on any atom is 0.106 e. The average molecular weight is 241 g/mol. The molecule has 2 N–H and O–H groups in total. The van der Waals surface area contributed by atoms with Crippen LogP contribution in [0.5, 0.6) is 0 Å². The summed E-state index contributed by atoms with van der Waals surface area (Å²) >= 11 is 1.70. The average Bonchev–Trinajstić information content (AvgIpc) is 2.81. The molecule has 0 aromatic carbocycles. The lowest BCUT2D eigenvalue weighted by Crippen LogP contribution is -2.44. The van der Waals surface area contributed by atoms with Crippen molar-refractivity contribution >= 4 is 11.3 Å². The highest BCUT2D eigenvalue weighted by molar-refractivity contribution is 7.09. The Balaban J connectivity index is 1.65. The Hall–Kier alpha value is -0.490. The van der Waals surface area contributed by atoms with Crippen molar-refractivity contribution in [2.75, 3.05) is 19.8 Å². The van der Waals surface area contributed by atoms with Crippen molar-refractivity contribution in [2.24, 2.45) is 0 Å². The van der Waals surface area contributed by atoms with E-state index in [9.17, 15) is 0 Å². The van der Waals surface area contributed by atoms with Gasteiger partial charge in [0.05, 0.1) is 13.2 Å². The minimum absolute atomic E-state index is 0.489. The number of thiazole rings is 1. The van der Waals surface area contributed by atoms with Gasteiger partial charge in [0.15, 0.2) is 0 Å². The second kappa shape index (κ2) is 6.30. The van der Waals surface area contributed by atoms with Crippen LogP contribution in [0.15, 0.2) is 11.6 Å². The second-order valence-electron chi connectivity index (χ2n) is 4.17. The minimum Gasteiger partial charge on any atom is -0.379 e. The molecule has 90 valence electrons. The predicted molar refractivity (Wildman–Crippen MR) is 65.6 cm³/mol. The van der Waals surface area contributed by atoms with E-state index in [1.165, 1.54) is 0 Å². The number of rotatable bonds is 5. The predicted octanol–water partition coefficient (Wildman–Crippen LogP) is 1.000. The van der Waals surface area contributed by atoms with Gasteiger partial charge in [-0.15, -0.1) is 11.3 Å². The Morgan fingerprint density at radius 3 is 3.38 bits per heavy atom. The van der Waals surface area contributed by atoms with Crippen molar-refractivity contribution in [1.29, 1.82) is 0 Å². The molecule has 1 aliphatic heterocycles. The Morgan fingerprint density at radius 2 is 2.69 bits per heavy atom. The zero-order valence-corrected chi connectivity index (χ0v) is 10.4. The summed E-state index contributed by atoms with van der Waals surface area (Å²) in [5, 5.41) is 10.1. The normalized spacial score (nSPS) is 23.2. The maximum atomic E-state index is 5.43. The Labute approximate surface area is 100 Å². The summed E-state index contributed by atoms with van der Waals surface area (Å²) in [6.07, 6.45) is 2.95. The number of hydrogen-bond acceptors (Lipinski definition) is 5. The summed E-state index contributed by atoms with van der Waals surface area (Å²) in [6.45, 7) is 5.74. The van der Waals surface area contributed by atoms with Crippen LogP contribution in [0.25, 0.3) is 0 Å². The lowest BCUT2D eigenvalue weighted by molar-refractivity contribution is 0.0712. The number of nitrogens with one attached hydrogen (secondary N) is 2. The fraction of sp³-hybridized carbons (Fsp3) is 0.727. The summed E-state index contributed by atoms with van der Waals surface area (Å²) in [6, 6.07) is 0.982. The van der Waals surface area contributed by atoms with Gasteiger partial charge in [-0.3, -0.25) is 0 Å². The SMILES string of the molecule is CC(CC1COCCN1)NCc1nccs1. The molecule has 0 radical (unpaired) electrons. The summed E-state index contributed by atoms with van der Waals surface area (Å²) in [7, 11) is 0. The Morgan fingerprint density at radius 1 is 1.75 bits per heavy atom. The molecule has 2 unspecified atom stereocenters. The highest BCUT2D eigenvalue weighted by Crippen LogP contribution is 2.06. The fourth-order valence-electron chi connectivity index (χ4n) is 1.88. The zero-order chi connectivity index (χ0) is 11.2. The van der Waals surface area contributed by atoms with Crippen LogP contribution >= 0.6 is 11.3 Å². The Kier molecular flexibility index (Phi) is 4.71. The van der Waals surface area contributed by atoms with Crippen LogP contribution < -0.4 is 10.6 Å². The largest absolute Gasteiger partial charge is 0.379 e. The first-order valence-corrected chi connectivity index (χ1v) is 6.65. The highest BCUT2D eigenvalue weighted by Gasteiger charge is 2.15. The van der Waals surface area contributed by atoms with Gasteiger partial charge in [0.1, 0.15) is 5.01 Å². The van der Waals surface area contributed by atoms with Crippen molar-refractivity contribution < 1.29 is 4.74 Å². The monoisotopic (exact) mass is 241 g/mol. The van der Waals surface area contributed by atoms with Gasteiger partial charge in [0, 0.05) is 36.8 Å². The van der Waals surface area contributed by atoms with Crippen LogP contribution in [0.3, 0.4) is 0 Å². The van der Waals surface area contributed by atoms with Gasteiger partial charge in [-0.25, -0.2) is 4.98 Å². The first-order valence-electron chi connectivity index (χ1n) is 5.77. The molecule has 0 bridgehead atoms. The summed E-state index contributed by atoms with van der Waals surface area (Å²) in [5.74, 6) is 0. The molecule has 16 heavy (non-hydrogen) atoms. The number of hydrogen-bond donors (Lipinski definition) is 2. The molecular weight excluding hydrogens is 222 g/mol. The molecule has 0 amide bonds. The van der Waals surface area contributed by atoms with E-state index in [0.717, 1.165) is 37.7 Å². The lowest BCUT2D eigenvalue weighted by atomic mass is 10.1. The van der Waals surface area contributed by atoms with Gasteiger partial charge in [-0.1, -0.05) is 0 Å². The van der Waals surface area contributed by atoms with Crippen LogP contribution in [0.2, 0.25) is 0 Å². The van der Waals surface area contributed by atoms with Gasteiger partial charge in [-0.2, -0.15) is 0 Å². The van der Waals surface area contributed by atoms with Gasteiger partial charge in [0.2, 0.25) is 0 Å². The fourth-order valence-corrected chi connectivity index (χ4v) is 2.45. The van der Waals surface area contributed by atoms with E-state index in [0.29, 0.717) is 12.1 Å². The zero-order valence-electron chi connectivity index (χ0n) is 9.61. The van der Waals surface area contributed by atoms with Crippen molar-refractivity contribution in [2.45, 2.75) is 32.0 Å². The van der Waals surface area contributed by atoms with Crippen molar-refractivity contribution in [3.05, 3.63) is 16.6 Å². The van der Waals surface area contributed by atoms with Crippen LogP contribution in [-0.2, 0) is 11.3 Å². The first-order chi connectivity index (χ1) is 7.84. The van der Waals surface area contributed by atoms with E-state index in [-0.39, 0.29) is 0 Å². The van der Waals surface area contributed by atoms with E-state index in [1.807, 2.05) is 11.6 Å². The topological polar surface area (TPSA) is 46.2 Å². The molecule has 1 aromatic rings.